The fourth-order valence-electron chi connectivity index (χ4n) is 7.61. The SMILES string of the molecule is CCOc1cc2c3cc(c(OC)cc3n1)CCC[C@@H]1CCC[C@H]1OC(=O)N[C@@H](C1CCCC1)C(=O)N1C[C@@H](C[C@H]1C=O)O2. The van der Waals surface area contributed by atoms with Gasteiger partial charge < -0.3 is 34.0 Å². The largest absolute Gasteiger partial charge is 0.496 e. The average Bonchev–Trinajstić information content (AvgIpc) is 3.77. The number of alkyl carbamates (subject to hydrolysis) is 1. The van der Waals surface area contributed by atoms with Crippen molar-refractivity contribution in [2.75, 3.05) is 20.3 Å². The molecule has 0 unspecified atom stereocenters. The summed E-state index contributed by atoms with van der Waals surface area (Å²) in [6, 6.07) is 4.43. The van der Waals surface area contributed by atoms with Gasteiger partial charge in [0.05, 0.1) is 31.8 Å². The third kappa shape index (κ3) is 6.24. The zero-order chi connectivity index (χ0) is 29.9. The Hall–Kier alpha value is -3.56. The normalized spacial score (nSPS) is 28.5. The lowest BCUT2D eigenvalue weighted by Crippen LogP contribution is -2.54. The molecule has 1 aromatic carbocycles. The van der Waals surface area contributed by atoms with Crippen molar-refractivity contribution in [1.29, 1.82) is 0 Å². The quantitative estimate of drug-likeness (QED) is 0.483. The molecule has 2 amide bonds. The number of aromatic nitrogens is 1. The summed E-state index contributed by atoms with van der Waals surface area (Å²) < 4.78 is 24.1. The fraction of sp³-hybridized carbons (Fsp3) is 0.636. The van der Waals surface area contributed by atoms with E-state index in [1.54, 1.807) is 18.1 Å². The molecule has 232 valence electrons. The summed E-state index contributed by atoms with van der Waals surface area (Å²) in [5, 5.41) is 3.80. The van der Waals surface area contributed by atoms with Crippen LogP contribution < -0.4 is 19.5 Å². The van der Waals surface area contributed by atoms with Gasteiger partial charge >= 0.3 is 6.09 Å². The Morgan fingerprint density at radius 2 is 1.81 bits per heavy atom. The first-order valence-corrected chi connectivity index (χ1v) is 16.0. The number of fused-ring (bicyclic) bond motifs is 4. The summed E-state index contributed by atoms with van der Waals surface area (Å²) in [7, 11) is 1.66. The van der Waals surface area contributed by atoms with Crippen LogP contribution in [0.3, 0.4) is 0 Å². The Labute approximate surface area is 252 Å². The molecule has 2 aliphatic heterocycles. The smallest absolute Gasteiger partial charge is 0.408 e. The molecule has 1 aromatic heterocycles. The molecule has 5 atom stereocenters. The van der Waals surface area contributed by atoms with E-state index in [4.69, 9.17) is 23.9 Å². The van der Waals surface area contributed by atoms with Crippen molar-refractivity contribution in [2.45, 2.75) is 102 Å². The summed E-state index contributed by atoms with van der Waals surface area (Å²) in [5.41, 5.74) is 1.75. The van der Waals surface area contributed by atoms with Crippen LogP contribution in [0.1, 0.15) is 76.7 Å². The monoisotopic (exact) mass is 593 g/mol. The number of rotatable bonds is 5. The van der Waals surface area contributed by atoms with Crippen molar-refractivity contribution in [3.8, 4) is 17.4 Å². The summed E-state index contributed by atoms with van der Waals surface area (Å²) in [5.74, 6) is 1.85. The van der Waals surface area contributed by atoms with Crippen molar-refractivity contribution in [3.05, 3.63) is 23.8 Å². The molecule has 43 heavy (non-hydrogen) atoms. The van der Waals surface area contributed by atoms with E-state index in [1.165, 1.54) is 0 Å². The van der Waals surface area contributed by atoms with Crippen LogP contribution in [0, 0.1) is 11.8 Å². The molecule has 2 aromatic rings. The van der Waals surface area contributed by atoms with Crippen LogP contribution in [0.5, 0.6) is 17.4 Å². The zero-order valence-corrected chi connectivity index (χ0v) is 25.2. The lowest BCUT2D eigenvalue weighted by atomic mass is 9.95. The molecule has 4 aliphatic rings. The van der Waals surface area contributed by atoms with Crippen LogP contribution in [0.15, 0.2) is 18.2 Å². The van der Waals surface area contributed by atoms with Crippen molar-refractivity contribution in [3.63, 3.8) is 0 Å². The fourth-order valence-corrected chi connectivity index (χ4v) is 7.61. The number of aldehydes is 1. The maximum atomic E-state index is 14.1. The Balaban J connectivity index is 1.38. The third-order valence-electron chi connectivity index (χ3n) is 9.76. The molecule has 10 heteroatoms. The number of ether oxygens (including phenoxy) is 4. The van der Waals surface area contributed by atoms with Gasteiger partial charge in [0, 0.05) is 23.9 Å². The van der Waals surface area contributed by atoms with E-state index in [9.17, 15) is 14.4 Å². The highest BCUT2D eigenvalue weighted by atomic mass is 16.6. The molecule has 6 rings (SSSR count). The second-order valence-corrected chi connectivity index (χ2v) is 12.4. The van der Waals surface area contributed by atoms with E-state index in [0.29, 0.717) is 30.2 Å². The summed E-state index contributed by atoms with van der Waals surface area (Å²) >= 11 is 0. The lowest BCUT2D eigenvalue weighted by molar-refractivity contribution is -0.137. The van der Waals surface area contributed by atoms with Crippen LogP contribution in [0.25, 0.3) is 10.9 Å². The topological polar surface area (TPSA) is 116 Å². The molecule has 3 heterocycles. The van der Waals surface area contributed by atoms with Crippen molar-refractivity contribution in [2.24, 2.45) is 11.8 Å². The Kier molecular flexibility index (Phi) is 8.90. The number of carbonyl (C=O) groups is 3. The maximum absolute atomic E-state index is 14.1. The first-order valence-electron chi connectivity index (χ1n) is 16.0. The summed E-state index contributed by atoms with van der Waals surface area (Å²) in [4.78, 5) is 45.9. The third-order valence-corrected chi connectivity index (χ3v) is 9.76. The number of nitrogens with zero attached hydrogens (tertiary/aromatic N) is 2. The first kappa shape index (κ1) is 29.5. The minimum absolute atomic E-state index is 0.0172. The standard InChI is InChI=1S/C33H43N3O7/c1-3-41-30-17-29-25-14-22(28(40-2)16-26(25)34-30)12-6-10-20-11-7-13-27(20)43-33(39)35-31(21-8-4-5-9-21)32(38)36-18-24(42-29)15-23(36)19-37/h14,16-17,19-21,23-24,27,31H,3-13,15,18H2,1-2H3,(H,35,39)/t20-,23+,24-,27-,31+/m1/s1. The predicted molar refractivity (Wildman–Crippen MR) is 159 cm³/mol. The predicted octanol–water partition coefficient (Wildman–Crippen LogP) is 4.98. The minimum atomic E-state index is -0.726. The number of aryl methyl sites for hydroxylation is 1. The molecular weight excluding hydrogens is 550 g/mol. The number of hydrogen-bond acceptors (Lipinski definition) is 8. The van der Waals surface area contributed by atoms with Gasteiger partial charge in [-0.1, -0.05) is 12.8 Å². The maximum Gasteiger partial charge on any atom is 0.408 e. The number of nitrogens with one attached hydrogen (secondary N) is 1. The highest BCUT2D eigenvalue weighted by molar-refractivity contribution is 5.89. The van der Waals surface area contributed by atoms with Gasteiger partial charge in [0.15, 0.2) is 0 Å². The van der Waals surface area contributed by atoms with Gasteiger partial charge in [-0.05, 0) is 81.8 Å². The van der Waals surface area contributed by atoms with Gasteiger partial charge in [-0.15, -0.1) is 0 Å². The van der Waals surface area contributed by atoms with Crippen LogP contribution >= 0.6 is 0 Å². The molecule has 0 spiro atoms. The first-order chi connectivity index (χ1) is 21.0. The van der Waals surface area contributed by atoms with E-state index < -0.39 is 24.3 Å². The highest BCUT2D eigenvalue weighted by Gasteiger charge is 2.43. The Bertz CT molecular complexity index is 1340. The summed E-state index contributed by atoms with van der Waals surface area (Å²) in [6.07, 6.45) is 9.29. The minimum Gasteiger partial charge on any atom is -0.496 e. The Morgan fingerprint density at radius 1 is 1.02 bits per heavy atom. The van der Waals surface area contributed by atoms with E-state index in [1.807, 2.05) is 13.0 Å². The lowest BCUT2D eigenvalue weighted by Gasteiger charge is -2.30. The second kappa shape index (κ2) is 13.0. The molecule has 0 radical (unpaired) electrons. The van der Waals surface area contributed by atoms with Crippen LogP contribution in [0.2, 0.25) is 0 Å². The molecule has 1 saturated heterocycles. The molecule has 3 fully saturated rings. The van der Waals surface area contributed by atoms with Crippen molar-refractivity contribution < 1.29 is 33.3 Å². The number of methoxy groups -OCH3 is 1. The average molecular weight is 594 g/mol. The number of benzene rings is 1. The highest BCUT2D eigenvalue weighted by Crippen LogP contribution is 2.38. The second-order valence-electron chi connectivity index (χ2n) is 12.4. The molecule has 2 aliphatic carbocycles. The van der Waals surface area contributed by atoms with Gasteiger partial charge in [0.1, 0.15) is 36.0 Å². The number of carbonyl (C=O) groups excluding carboxylic acids is 3. The van der Waals surface area contributed by atoms with E-state index in [0.717, 1.165) is 87.2 Å². The number of pyridine rings is 1. The number of amides is 2. The van der Waals surface area contributed by atoms with Gasteiger partial charge in [-0.25, -0.2) is 9.78 Å². The van der Waals surface area contributed by atoms with Crippen LogP contribution in [-0.2, 0) is 20.7 Å². The van der Waals surface area contributed by atoms with E-state index in [-0.39, 0.29) is 30.4 Å². The molecule has 1 N–H and O–H groups in total. The molecule has 10 nitrogen and oxygen atoms in total. The van der Waals surface area contributed by atoms with Gasteiger partial charge in [0.25, 0.3) is 0 Å². The van der Waals surface area contributed by atoms with Gasteiger partial charge in [0.2, 0.25) is 11.8 Å². The van der Waals surface area contributed by atoms with E-state index >= 15 is 0 Å². The van der Waals surface area contributed by atoms with Crippen LogP contribution in [0.4, 0.5) is 4.79 Å². The Morgan fingerprint density at radius 3 is 2.58 bits per heavy atom. The van der Waals surface area contributed by atoms with Gasteiger partial charge in [-0.3, -0.25) is 4.79 Å². The van der Waals surface area contributed by atoms with Gasteiger partial charge in [-0.2, -0.15) is 0 Å². The molecular formula is C33H43N3O7. The molecule has 2 saturated carbocycles. The number of hydrogen-bond donors (Lipinski definition) is 1. The summed E-state index contributed by atoms with van der Waals surface area (Å²) in [6.45, 7) is 2.59. The van der Waals surface area contributed by atoms with E-state index in [2.05, 4.69) is 11.4 Å². The van der Waals surface area contributed by atoms with Crippen LogP contribution in [-0.4, -0.2) is 72.7 Å². The zero-order valence-electron chi connectivity index (χ0n) is 25.2. The van der Waals surface area contributed by atoms with Crippen molar-refractivity contribution >= 4 is 29.2 Å². The molecule has 4 bridgehead atoms. The van der Waals surface area contributed by atoms with Crippen molar-refractivity contribution in [1.82, 2.24) is 15.2 Å².